The average Bonchev–Trinajstić information content (AvgIpc) is 2.77. The number of nitrogens with one attached hydrogen (secondary N) is 1. The number of rotatable bonds is 1. The molecule has 1 fully saturated rings. The van der Waals surface area contributed by atoms with Gasteiger partial charge in [0.05, 0.1) is 6.54 Å². The first kappa shape index (κ1) is 9.96. The topological polar surface area (TPSA) is 30.9 Å². The van der Waals surface area contributed by atoms with Crippen molar-refractivity contribution in [2.75, 3.05) is 31.2 Å². The van der Waals surface area contributed by atoms with Crippen LogP contribution in [0.15, 0.2) is 33.8 Å². The summed E-state index contributed by atoms with van der Waals surface area (Å²) in [5, 5.41) is 4.29. The molecule has 16 heavy (non-hydrogen) atoms. The van der Waals surface area contributed by atoms with Crippen molar-refractivity contribution in [3.63, 3.8) is 0 Å². The Kier molecular flexibility index (Phi) is 2.47. The highest BCUT2D eigenvalue weighted by molar-refractivity contribution is 9.10. The molecule has 0 amide bonds. The van der Waals surface area contributed by atoms with Crippen molar-refractivity contribution >= 4 is 27.5 Å². The molecule has 5 heteroatoms. The van der Waals surface area contributed by atoms with Crippen LogP contribution in [0.5, 0.6) is 0 Å². The Hall–Kier alpha value is -1.23. The highest BCUT2D eigenvalue weighted by Crippen LogP contribution is 2.20. The molecule has 2 aliphatic rings. The van der Waals surface area contributed by atoms with E-state index >= 15 is 0 Å². The summed E-state index contributed by atoms with van der Waals surface area (Å²) in [6.07, 6.45) is 0. The smallest absolute Gasteiger partial charge is 0.145 e. The summed E-state index contributed by atoms with van der Waals surface area (Å²) in [5.41, 5.74) is 4.29. The van der Waals surface area contributed by atoms with Crippen molar-refractivity contribution < 1.29 is 0 Å². The van der Waals surface area contributed by atoms with Crippen molar-refractivity contribution in [2.45, 2.75) is 0 Å². The van der Waals surface area contributed by atoms with Gasteiger partial charge in [-0.25, -0.2) is 0 Å². The minimum Gasteiger partial charge on any atom is -0.362 e. The summed E-state index contributed by atoms with van der Waals surface area (Å²) in [5.74, 6) is 1.15. The number of hydrogen-bond acceptors (Lipinski definition) is 4. The lowest BCUT2D eigenvalue weighted by molar-refractivity contribution is 0.408. The zero-order chi connectivity index (χ0) is 11.0. The van der Waals surface area contributed by atoms with Crippen molar-refractivity contribution in [3.8, 4) is 0 Å². The number of fused-ring (bicyclic) bond motifs is 1. The van der Waals surface area contributed by atoms with Gasteiger partial charge in [-0.2, -0.15) is 5.10 Å². The van der Waals surface area contributed by atoms with Crippen LogP contribution >= 0.6 is 15.9 Å². The van der Waals surface area contributed by atoms with Gasteiger partial charge < -0.3 is 9.80 Å². The van der Waals surface area contributed by atoms with Gasteiger partial charge in [0.25, 0.3) is 0 Å². The first-order valence-electron chi connectivity index (χ1n) is 5.38. The fraction of sp³-hybridized carbons (Fsp3) is 0.364. The Morgan fingerprint density at radius 3 is 2.69 bits per heavy atom. The Bertz CT molecular complexity index is 414. The Balaban J connectivity index is 1.78. The Morgan fingerprint density at radius 1 is 1.12 bits per heavy atom. The van der Waals surface area contributed by atoms with Gasteiger partial charge in [-0.05, 0) is 24.3 Å². The number of anilines is 1. The average molecular weight is 281 g/mol. The number of hydrazone groups is 1. The monoisotopic (exact) mass is 280 g/mol. The predicted octanol–water partition coefficient (Wildman–Crippen LogP) is 1.45. The van der Waals surface area contributed by atoms with Gasteiger partial charge in [-0.1, -0.05) is 15.9 Å². The molecular weight excluding hydrogens is 268 g/mol. The van der Waals surface area contributed by atoms with E-state index in [1.54, 1.807) is 0 Å². The number of nitrogens with zero attached hydrogens (tertiary/aromatic N) is 3. The lowest BCUT2D eigenvalue weighted by atomic mass is 10.2. The van der Waals surface area contributed by atoms with Crippen LogP contribution in [-0.2, 0) is 0 Å². The summed E-state index contributed by atoms with van der Waals surface area (Å²) in [6, 6.07) is 8.44. The molecule has 2 aliphatic heterocycles. The standard InChI is InChI=1S/C11H13BrN4/c12-9-1-3-10(4-2-9)15-5-6-16-8-13-14-11(16)7-15/h1-4,13H,5-8H2. The number of benzene rings is 1. The summed E-state index contributed by atoms with van der Waals surface area (Å²) in [7, 11) is 0. The molecule has 4 nitrogen and oxygen atoms in total. The van der Waals surface area contributed by atoms with Crippen molar-refractivity contribution in [1.82, 2.24) is 10.3 Å². The van der Waals surface area contributed by atoms with Crippen molar-refractivity contribution in [1.29, 1.82) is 0 Å². The van der Waals surface area contributed by atoms with Crippen molar-refractivity contribution in [2.24, 2.45) is 5.10 Å². The normalized spacial score (nSPS) is 19.2. The van der Waals surface area contributed by atoms with E-state index in [9.17, 15) is 0 Å². The first-order valence-corrected chi connectivity index (χ1v) is 6.17. The van der Waals surface area contributed by atoms with E-state index in [-0.39, 0.29) is 0 Å². The first-order chi connectivity index (χ1) is 7.83. The zero-order valence-electron chi connectivity index (χ0n) is 8.86. The molecular formula is C11H13BrN4. The number of amidine groups is 1. The number of halogens is 1. The van der Waals surface area contributed by atoms with Gasteiger partial charge in [-0.3, -0.25) is 5.43 Å². The van der Waals surface area contributed by atoms with Crippen LogP contribution in [0, 0.1) is 0 Å². The summed E-state index contributed by atoms with van der Waals surface area (Å²) in [4.78, 5) is 4.64. The minimum atomic E-state index is 0.865. The van der Waals surface area contributed by atoms with Gasteiger partial charge in [-0.15, -0.1) is 0 Å². The minimum absolute atomic E-state index is 0.865. The summed E-state index contributed by atoms with van der Waals surface area (Å²) in [6.45, 7) is 3.86. The Morgan fingerprint density at radius 2 is 1.88 bits per heavy atom. The van der Waals surface area contributed by atoms with E-state index in [4.69, 9.17) is 0 Å². The van der Waals surface area contributed by atoms with E-state index in [1.807, 2.05) is 0 Å². The molecule has 1 aromatic rings. The van der Waals surface area contributed by atoms with Crippen LogP contribution in [0.1, 0.15) is 0 Å². The van der Waals surface area contributed by atoms with Gasteiger partial charge in [0.2, 0.25) is 0 Å². The molecule has 0 atom stereocenters. The maximum absolute atomic E-state index is 4.29. The second-order valence-corrected chi connectivity index (χ2v) is 4.92. The largest absolute Gasteiger partial charge is 0.362 e. The van der Waals surface area contributed by atoms with E-state index in [0.29, 0.717) is 0 Å². The second-order valence-electron chi connectivity index (χ2n) is 4.01. The molecule has 0 radical (unpaired) electrons. The fourth-order valence-electron chi connectivity index (χ4n) is 2.08. The van der Waals surface area contributed by atoms with Gasteiger partial charge in [0, 0.05) is 23.2 Å². The molecule has 0 unspecified atom stereocenters. The molecule has 0 aliphatic carbocycles. The summed E-state index contributed by atoms with van der Waals surface area (Å²) >= 11 is 3.45. The third kappa shape index (κ3) is 1.75. The predicted molar refractivity (Wildman–Crippen MR) is 68.5 cm³/mol. The maximum Gasteiger partial charge on any atom is 0.145 e. The van der Waals surface area contributed by atoms with Crippen LogP contribution in [0.4, 0.5) is 5.69 Å². The highest BCUT2D eigenvalue weighted by Gasteiger charge is 2.25. The molecule has 1 N–H and O–H groups in total. The summed E-state index contributed by atoms with van der Waals surface area (Å²) < 4.78 is 1.12. The van der Waals surface area contributed by atoms with Crippen LogP contribution in [-0.4, -0.2) is 37.0 Å². The zero-order valence-corrected chi connectivity index (χ0v) is 10.4. The molecule has 0 bridgehead atoms. The van der Waals surface area contributed by atoms with Crippen molar-refractivity contribution in [3.05, 3.63) is 28.7 Å². The van der Waals surface area contributed by atoms with E-state index < -0.39 is 0 Å². The van der Waals surface area contributed by atoms with Crippen LogP contribution in [0.3, 0.4) is 0 Å². The second kappa shape index (κ2) is 3.97. The van der Waals surface area contributed by atoms with E-state index in [0.717, 1.165) is 36.6 Å². The SMILES string of the molecule is Brc1ccc(N2CCN3CNN=C3C2)cc1. The third-order valence-electron chi connectivity index (χ3n) is 3.00. The molecule has 0 saturated carbocycles. The molecule has 1 aromatic carbocycles. The quantitative estimate of drug-likeness (QED) is 0.845. The lowest BCUT2D eigenvalue weighted by Crippen LogP contribution is -2.48. The van der Waals surface area contributed by atoms with E-state index in [1.165, 1.54) is 5.69 Å². The lowest BCUT2D eigenvalue weighted by Gasteiger charge is -2.34. The molecule has 84 valence electrons. The fourth-order valence-corrected chi connectivity index (χ4v) is 2.35. The van der Waals surface area contributed by atoms with Gasteiger partial charge in [0.15, 0.2) is 0 Å². The number of hydrogen-bond donors (Lipinski definition) is 1. The van der Waals surface area contributed by atoms with Gasteiger partial charge in [0.1, 0.15) is 12.5 Å². The van der Waals surface area contributed by atoms with Crippen LogP contribution in [0.25, 0.3) is 0 Å². The van der Waals surface area contributed by atoms with Crippen LogP contribution < -0.4 is 10.3 Å². The van der Waals surface area contributed by atoms with Gasteiger partial charge >= 0.3 is 0 Å². The molecule has 2 heterocycles. The maximum atomic E-state index is 4.29. The van der Waals surface area contributed by atoms with E-state index in [2.05, 4.69) is 60.5 Å². The Labute approximate surface area is 103 Å². The number of piperazine rings is 1. The third-order valence-corrected chi connectivity index (χ3v) is 3.53. The molecule has 0 aromatic heterocycles. The van der Waals surface area contributed by atoms with Crippen LogP contribution in [0.2, 0.25) is 0 Å². The highest BCUT2D eigenvalue weighted by atomic mass is 79.9. The molecule has 1 saturated heterocycles. The molecule has 0 spiro atoms. The molecule has 3 rings (SSSR count).